The van der Waals surface area contributed by atoms with Gasteiger partial charge in [-0.3, -0.25) is 4.79 Å². The first-order valence-electron chi connectivity index (χ1n) is 7.81. The zero-order chi connectivity index (χ0) is 13.9. The molecule has 1 amide bonds. The fourth-order valence-corrected chi connectivity index (χ4v) is 3.84. The van der Waals surface area contributed by atoms with Crippen LogP contribution in [0.15, 0.2) is 24.3 Å². The van der Waals surface area contributed by atoms with Crippen LogP contribution in [0.25, 0.3) is 0 Å². The van der Waals surface area contributed by atoms with Crippen molar-refractivity contribution in [3.63, 3.8) is 0 Å². The summed E-state index contributed by atoms with van der Waals surface area (Å²) >= 11 is 2.28. The van der Waals surface area contributed by atoms with Crippen LogP contribution in [0.2, 0.25) is 0 Å². The molecule has 1 aromatic carbocycles. The molecule has 2 aliphatic carbocycles. The maximum absolute atomic E-state index is 12.8. The summed E-state index contributed by atoms with van der Waals surface area (Å²) in [6.45, 7) is 0.981. The lowest BCUT2D eigenvalue weighted by Crippen LogP contribution is -2.38. The Morgan fingerprint density at radius 2 is 1.80 bits per heavy atom. The van der Waals surface area contributed by atoms with Gasteiger partial charge in [-0.2, -0.15) is 0 Å². The van der Waals surface area contributed by atoms with E-state index in [-0.39, 0.29) is 5.91 Å². The first-order chi connectivity index (χ1) is 9.75. The highest BCUT2D eigenvalue weighted by atomic mass is 127. The van der Waals surface area contributed by atoms with Crippen LogP contribution in [-0.4, -0.2) is 23.4 Å². The van der Waals surface area contributed by atoms with Crippen LogP contribution >= 0.6 is 22.6 Å². The van der Waals surface area contributed by atoms with Crippen molar-refractivity contribution < 1.29 is 4.79 Å². The molecular weight excluding hydrogens is 361 g/mol. The first kappa shape index (κ1) is 14.4. The highest BCUT2D eigenvalue weighted by Crippen LogP contribution is 2.32. The van der Waals surface area contributed by atoms with E-state index in [9.17, 15) is 4.79 Å². The lowest BCUT2D eigenvalue weighted by atomic mass is 9.89. The fraction of sp³-hybridized carbons (Fsp3) is 0.588. The van der Waals surface area contributed by atoms with Gasteiger partial charge in [0.1, 0.15) is 0 Å². The standard InChI is InChI=1S/C17H22INO/c18-16-9-5-4-8-15(16)17(20)19(14-10-11-14)12-13-6-2-1-3-7-13/h4-5,8-9,13-14H,1-3,6-7,10-12H2. The van der Waals surface area contributed by atoms with Gasteiger partial charge in [0.2, 0.25) is 0 Å². The smallest absolute Gasteiger partial charge is 0.255 e. The molecule has 0 bridgehead atoms. The molecule has 2 nitrogen and oxygen atoms in total. The van der Waals surface area contributed by atoms with E-state index in [1.807, 2.05) is 24.3 Å². The molecule has 0 heterocycles. The number of hydrogen-bond donors (Lipinski definition) is 0. The summed E-state index contributed by atoms with van der Waals surface area (Å²) in [6, 6.07) is 8.49. The molecule has 3 heteroatoms. The molecule has 108 valence electrons. The van der Waals surface area contributed by atoms with E-state index in [0.29, 0.717) is 6.04 Å². The van der Waals surface area contributed by atoms with Crippen LogP contribution in [-0.2, 0) is 0 Å². The van der Waals surface area contributed by atoms with Gasteiger partial charge in [-0.05, 0) is 66.3 Å². The Hall–Kier alpha value is -0.580. The minimum atomic E-state index is 0.253. The number of amides is 1. The fourth-order valence-electron chi connectivity index (χ4n) is 3.22. The number of benzene rings is 1. The molecule has 0 aromatic heterocycles. The minimum Gasteiger partial charge on any atom is -0.335 e. The molecule has 20 heavy (non-hydrogen) atoms. The third-order valence-electron chi connectivity index (χ3n) is 4.53. The van der Waals surface area contributed by atoms with E-state index in [1.54, 1.807) is 0 Å². The third-order valence-corrected chi connectivity index (χ3v) is 5.47. The SMILES string of the molecule is O=C(c1ccccc1I)N(CC1CCCCC1)C1CC1. The van der Waals surface area contributed by atoms with Crippen LogP contribution < -0.4 is 0 Å². The Balaban J connectivity index is 1.73. The van der Waals surface area contributed by atoms with Crippen LogP contribution in [0.1, 0.15) is 55.3 Å². The number of rotatable bonds is 4. The highest BCUT2D eigenvalue weighted by Gasteiger charge is 2.35. The predicted octanol–water partition coefficient (Wildman–Crippen LogP) is 4.48. The number of carbonyl (C=O) groups excluding carboxylic acids is 1. The second-order valence-electron chi connectivity index (χ2n) is 6.17. The van der Waals surface area contributed by atoms with Gasteiger partial charge in [-0.1, -0.05) is 31.4 Å². The van der Waals surface area contributed by atoms with Crippen molar-refractivity contribution >= 4 is 28.5 Å². The molecule has 2 aliphatic rings. The normalized spacial score (nSPS) is 19.9. The van der Waals surface area contributed by atoms with Gasteiger partial charge in [-0.15, -0.1) is 0 Å². The molecule has 0 radical (unpaired) electrons. The summed E-state index contributed by atoms with van der Waals surface area (Å²) in [5.74, 6) is 0.984. The van der Waals surface area contributed by atoms with Gasteiger partial charge in [0.15, 0.2) is 0 Å². The molecule has 0 N–H and O–H groups in total. The van der Waals surface area contributed by atoms with Gasteiger partial charge >= 0.3 is 0 Å². The average Bonchev–Trinajstić information content (AvgIpc) is 3.30. The van der Waals surface area contributed by atoms with Crippen molar-refractivity contribution in [3.05, 3.63) is 33.4 Å². The van der Waals surface area contributed by atoms with Crippen molar-refractivity contribution in [1.82, 2.24) is 4.90 Å². The Morgan fingerprint density at radius 1 is 1.10 bits per heavy atom. The van der Waals surface area contributed by atoms with Crippen molar-refractivity contribution in [2.75, 3.05) is 6.54 Å². The van der Waals surface area contributed by atoms with E-state index in [2.05, 4.69) is 27.5 Å². The summed E-state index contributed by atoms with van der Waals surface area (Å²) in [5, 5.41) is 0. The van der Waals surface area contributed by atoms with Crippen molar-refractivity contribution in [1.29, 1.82) is 0 Å². The molecule has 0 saturated heterocycles. The van der Waals surface area contributed by atoms with Gasteiger partial charge in [0.25, 0.3) is 5.91 Å². The van der Waals surface area contributed by atoms with Crippen LogP contribution in [0.3, 0.4) is 0 Å². The van der Waals surface area contributed by atoms with E-state index in [0.717, 1.165) is 21.6 Å². The van der Waals surface area contributed by atoms with Crippen molar-refractivity contribution in [2.24, 2.45) is 5.92 Å². The van der Waals surface area contributed by atoms with Gasteiger partial charge in [-0.25, -0.2) is 0 Å². The summed E-state index contributed by atoms with van der Waals surface area (Å²) in [7, 11) is 0. The second-order valence-corrected chi connectivity index (χ2v) is 7.33. The zero-order valence-corrected chi connectivity index (χ0v) is 14.0. The number of nitrogens with zero attached hydrogens (tertiary/aromatic N) is 1. The monoisotopic (exact) mass is 383 g/mol. The van der Waals surface area contributed by atoms with E-state index < -0.39 is 0 Å². The average molecular weight is 383 g/mol. The topological polar surface area (TPSA) is 20.3 Å². The molecule has 2 saturated carbocycles. The van der Waals surface area contributed by atoms with Crippen molar-refractivity contribution in [3.8, 4) is 0 Å². The lowest BCUT2D eigenvalue weighted by molar-refractivity contribution is 0.0698. The van der Waals surface area contributed by atoms with Gasteiger partial charge in [0, 0.05) is 16.2 Å². The Bertz CT molecular complexity index is 478. The third kappa shape index (κ3) is 3.35. The molecular formula is C17H22INO. The maximum Gasteiger partial charge on any atom is 0.255 e. The van der Waals surface area contributed by atoms with Gasteiger partial charge in [0.05, 0.1) is 5.56 Å². The molecule has 2 fully saturated rings. The van der Waals surface area contributed by atoms with Gasteiger partial charge < -0.3 is 4.90 Å². The maximum atomic E-state index is 12.8. The number of carbonyl (C=O) groups is 1. The molecule has 0 unspecified atom stereocenters. The number of halogens is 1. The molecule has 0 aliphatic heterocycles. The molecule has 0 atom stereocenters. The largest absolute Gasteiger partial charge is 0.335 e. The van der Waals surface area contributed by atoms with E-state index in [4.69, 9.17) is 0 Å². The van der Waals surface area contributed by atoms with Crippen LogP contribution in [0, 0.1) is 9.49 Å². The minimum absolute atomic E-state index is 0.253. The zero-order valence-electron chi connectivity index (χ0n) is 11.9. The Kier molecular flexibility index (Phi) is 4.64. The summed E-state index contributed by atoms with van der Waals surface area (Å²) in [5.41, 5.74) is 0.885. The van der Waals surface area contributed by atoms with E-state index in [1.165, 1.54) is 44.9 Å². The second kappa shape index (κ2) is 6.46. The lowest BCUT2D eigenvalue weighted by Gasteiger charge is -2.30. The van der Waals surface area contributed by atoms with Crippen molar-refractivity contribution in [2.45, 2.75) is 51.0 Å². The van der Waals surface area contributed by atoms with Crippen LogP contribution in [0.4, 0.5) is 0 Å². The Labute approximate surface area is 135 Å². The summed E-state index contributed by atoms with van der Waals surface area (Å²) in [6.07, 6.45) is 9.08. The molecule has 0 spiro atoms. The molecule has 3 rings (SSSR count). The quantitative estimate of drug-likeness (QED) is 0.703. The predicted molar refractivity (Wildman–Crippen MR) is 89.8 cm³/mol. The summed E-state index contributed by atoms with van der Waals surface area (Å²) in [4.78, 5) is 15.0. The van der Waals surface area contributed by atoms with E-state index >= 15 is 0 Å². The molecule has 1 aromatic rings. The Morgan fingerprint density at radius 3 is 2.45 bits per heavy atom. The summed E-state index contributed by atoms with van der Waals surface area (Å²) < 4.78 is 1.07. The highest BCUT2D eigenvalue weighted by molar-refractivity contribution is 14.1. The number of hydrogen-bond acceptors (Lipinski definition) is 1. The van der Waals surface area contributed by atoms with Crippen LogP contribution in [0.5, 0.6) is 0 Å². The first-order valence-corrected chi connectivity index (χ1v) is 8.89.